The van der Waals surface area contributed by atoms with Crippen LogP contribution in [0.25, 0.3) is 0 Å². The topological polar surface area (TPSA) is 71.9 Å². The van der Waals surface area contributed by atoms with Crippen LogP contribution < -0.4 is 11.2 Å². The smallest absolute Gasteiger partial charge is 0.292 e. The number of aromatic amines is 1. The van der Waals surface area contributed by atoms with Crippen LogP contribution in [-0.2, 0) is 6.54 Å². The second-order valence-electron chi connectivity index (χ2n) is 4.03. The maximum absolute atomic E-state index is 11.9. The van der Waals surface area contributed by atoms with Crippen molar-refractivity contribution >= 4 is 17.1 Å². The Morgan fingerprint density at radius 2 is 2.06 bits per heavy atom. The van der Waals surface area contributed by atoms with Crippen molar-refractivity contribution in [3.63, 3.8) is 0 Å². The molecule has 94 valence electrons. The summed E-state index contributed by atoms with van der Waals surface area (Å²) in [5.41, 5.74) is -0.576. The molecule has 0 unspecified atom stereocenters. The second kappa shape index (κ2) is 4.73. The maximum atomic E-state index is 11.9. The number of aromatic nitrogens is 2. The summed E-state index contributed by atoms with van der Waals surface area (Å²) in [4.78, 5) is 38.5. The third-order valence-electron chi connectivity index (χ3n) is 2.52. The van der Waals surface area contributed by atoms with Gasteiger partial charge < -0.3 is 0 Å². The van der Waals surface area contributed by atoms with Gasteiger partial charge in [-0.3, -0.25) is 19.1 Å². The van der Waals surface area contributed by atoms with Crippen LogP contribution in [0.1, 0.15) is 20.1 Å². The Bertz CT molecular complexity index is 709. The van der Waals surface area contributed by atoms with Gasteiger partial charge >= 0.3 is 5.69 Å². The van der Waals surface area contributed by atoms with Gasteiger partial charge in [-0.05, 0) is 26.0 Å². The van der Waals surface area contributed by atoms with E-state index in [4.69, 9.17) is 0 Å². The molecule has 2 rings (SSSR count). The van der Waals surface area contributed by atoms with E-state index >= 15 is 0 Å². The van der Waals surface area contributed by atoms with Gasteiger partial charge in [-0.15, -0.1) is 11.3 Å². The van der Waals surface area contributed by atoms with E-state index in [0.29, 0.717) is 10.4 Å². The fourth-order valence-corrected chi connectivity index (χ4v) is 2.35. The Morgan fingerprint density at radius 1 is 1.33 bits per heavy atom. The lowest BCUT2D eigenvalue weighted by molar-refractivity contribution is 0.0974. The zero-order chi connectivity index (χ0) is 13.3. The first-order chi connectivity index (χ1) is 8.47. The van der Waals surface area contributed by atoms with Crippen LogP contribution >= 0.6 is 11.3 Å². The number of carbonyl (C=O) groups is 1. The van der Waals surface area contributed by atoms with Gasteiger partial charge in [0.15, 0.2) is 5.78 Å². The number of thiophene rings is 1. The fourth-order valence-electron chi connectivity index (χ4n) is 1.55. The number of nitrogens with one attached hydrogen (secondary N) is 1. The minimum absolute atomic E-state index is 0.0591. The molecular formula is C12H12N2O3S. The van der Waals surface area contributed by atoms with Crippen LogP contribution in [0.2, 0.25) is 0 Å². The predicted octanol–water partition coefficient (Wildman–Crippen LogP) is 1.10. The van der Waals surface area contributed by atoms with Gasteiger partial charge in [-0.25, -0.2) is 4.79 Å². The molecule has 0 aliphatic heterocycles. The SMILES string of the molecule is Cc1ccc(C(=O)Cn2cc(C)c(=O)[nH]c2=O)s1. The maximum Gasteiger partial charge on any atom is 0.328 e. The van der Waals surface area contributed by atoms with Gasteiger partial charge in [0.25, 0.3) is 5.56 Å². The van der Waals surface area contributed by atoms with Gasteiger partial charge in [0, 0.05) is 16.6 Å². The molecule has 18 heavy (non-hydrogen) atoms. The van der Waals surface area contributed by atoms with Crippen molar-refractivity contribution in [3.05, 3.63) is 54.5 Å². The number of ketones is 1. The average molecular weight is 264 g/mol. The molecule has 0 radical (unpaired) electrons. The van der Waals surface area contributed by atoms with E-state index in [0.717, 1.165) is 4.88 Å². The van der Waals surface area contributed by atoms with E-state index in [1.54, 1.807) is 13.0 Å². The molecule has 0 bridgehead atoms. The number of H-pyrrole nitrogens is 1. The summed E-state index contributed by atoms with van der Waals surface area (Å²) in [6.07, 6.45) is 1.40. The molecule has 0 aliphatic rings. The predicted molar refractivity (Wildman–Crippen MR) is 69.4 cm³/mol. The Balaban J connectivity index is 2.30. The third-order valence-corrected chi connectivity index (χ3v) is 3.56. The quantitative estimate of drug-likeness (QED) is 0.844. The van der Waals surface area contributed by atoms with E-state index in [1.807, 2.05) is 13.0 Å². The first-order valence-electron chi connectivity index (χ1n) is 5.37. The monoisotopic (exact) mass is 264 g/mol. The molecule has 2 heterocycles. The van der Waals surface area contributed by atoms with E-state index < -0.39 is 11.2 Å². The minimum atomic E-state index is -0.563. The summed E-state index contributed by atoms with van der Waals surface area (Å²) < 4.78 is 1.22. The highest BCUT2D eigenvalue weighted by Crippen LogP contribution is 2.15. The number of Topliss-reactive ketones (excluding diaryl/α,β-unsaturated/α-hetero) is 1. The molecule has 2 aromatic heterocycles. The van der Waals surface area contributed by atoms with Crippen LogP contribution in [0.3, 0.4) is 0 Å². The van der Waals surface area contributed by atoms with Gasteiger partial charge in [-0.1, -0.05) is 0 Å². The Morgan fingerprint density at radius 3 is 2.67 bits per heavy atom. The molecule has 2 aromatic rings. The molecule has 0 aliphatic carbocycles. The van der Waals surface area contributed by atoms with Crippen LogP contribution in [0.15, 0.2) is 27.9 Å². The highest BCUT2D eigenvalue weighted by atomic mass is 32.1. The molecule has 0 aromatic carbocycles. The molecular weight excluding hydrogens is 252 g/mol. The van der Waals surface area contributed by atoms with Gasteiger partial charge in [0.2, 0.25) is 0 Å². The molecule has 0 atom stereocenters. The number of rotatable bonds is 3. The molecule has 6 heteroatoms. The van der Waals surface area contributed by atoms with Crippen LogP contribution in [0.4, 0.5) is 0 Å². The number of aryl methyl sites for hydroxylation is 2. The van der Waals surface area contributed by atoms with Crippen molar-refractivity contribution in [1.82, 2.24) is 9.55 Å². The summed E-state index contributed by atoms with van der Waals surface area (Å²) in [5.74, 6) is -0.137. The lowest BCUT2D eigenvalue weighted by Crippen LogP contribution is -2.32. The summed E-state index contributed by atoms with van der Waals surface area (Å²) in [7, 11) is 0. The first kappa shape index (κ1) is 12.5. The molecule has 0 saturated heterocycles. The van der Waals surface area contributed by atoms with Crippen LogP contribution in [0, 0.1) is 13.8 Å². The Kier molecular flexibility index (Phi) is 3.29. The first-order valence-corrected chi connectivity index (χ1v) is 6.19. The standard InChI is InChI=1S/C12H12N2O3S/c1-7-5-14(12(17)13-11(7)16)6-9(15)10-4-3-8(2)18-10/h3-5H,6H2,1-2H3,(H,13,16,17). The van der Waals surface area contributed by atoms with Crippen molar-refractivity contribution in [2.24, 2.45) is 0 Å². The molecule has 0 fully saturated rings. The van der Waals surface area contributed by atoms with Gasteiger partial charge in [-0.2, -0.15) is 0 Å². The summed E-state index contributed by atoms with van der Waals surface area (Å²) in [6, 6.07) is 3.60. The summed E-state index contributed by atoms with van der Waals surface area (Å²) in [6.45, 7) is 3.45. The lowest BCUT2D eigenvalue weighted by Gasteiger charge is -2.03. The van der Waals surface area contributed by atoms with Crippen molar-refractivity contribution in [1.29, 1.82) is 0 Å². The van der Waals surface area contributed by atoms with Crippen molar-refractivity contribution < 1.29 is 4.79 Å². The van der Waals surface area contributed by atoms with Gasteiger partial charge in [0.05, 0.1) is 11.4 Å². The number of nitrogens with zero attached hydrogens (tertiary/aromatic N) is 1. The van der Waals surface area contributed by atoms with Crippen LogP contribution in [-0.4, -0.2) is 15.3 Å². The highest BCUT2D eigenvalue weighted by molar-refractivity contribution is 7.14. The number of carbonyl (C=O) groups excluding carboxylic acids is 1. The zero-order valence-corrected chi connectivity index (χ0v) is 10.8. The normalized spacial score (nSPS) is 10.6. The molecule has 0 spiro atoms. The molecule has 5 nitrogen and oxygen atoms in total. The lowest BCUT2D eigenvalue weighted by atomic mass is 10.3. The van der Waals surface area contributed by atoms with Crippen molar-refractivity contribution in [2.45, 2.75) is 20.4 Å². The number of hydrogen-bond donors (Lipinski definition) is 1. The largest absolute Gasteiger partial charge is 0.328 e. The summed E-state index contributed by atoms with van der Waals surface area (Å²) in [5, 5.41) is 0. The van der Waals surface area contributed by atoms with Crippen molar-refractivity contribution in [2.75, 3.05) is 0 Å². The van der Waals surface area contributed by atoms with Crippen LogP contribution in [0.5, 0.6) is 0 Å². The molecule has 1 N–H and O–H groups in total. The average Bonchev–Trinajstić information content (AvgIpc) is 2.73. The van der Waals surface area contributed by atoms with E-state index in [1.165, 1.54) is 22.1 Å². The summed E-state index contributed by atoms with van der Waals surface area (Å²) >= 11 is 1.39. The molecule has 0 amide bonds. The Labute approximate surface area is 107 Å². The number of hydrogen-bond acceptors (Lipinski definition) is 4. The van der Waals surface area contributed by atoms with E-state index in [2.05, 4.69) is 4.98 Å². The molecule has 0 saturated carbocycles. The zero-order valence-electron chi connectivity index (χ0n) is 10.0. The van der Waals surface area contributed by atoms with E-state index in [9.17, 15) is 14.4 Å². The fraction of sp³-hybridized carbons (Fsp3) is 0.250. The Hall–Kier alpha value is -1.95. The van der Waals surface area contributed by atoms with E-state index in [-0.39, 0.29) is 12.3 Å². The minimum Gasteiger partial charge on any atom is -0.292 e. The second-order valence-corrected chi connectivity index (χ2v) is 5.32. The third kappa shape index (κ3) is 2.48. The van der Waals surface area contributed by atoms with Gasteiger partial charge in [0.1, 0.15) is 0 Å². The highest BCUT2D eigenvalue weighted by Gasteiger charge is 2.10. The van der Waals surface area contributed by atoms with Crippen molar-refractivity contribution in [3.8, 4) is 0 Å².